The van der Waals surface area contributed by atoms with Gasteiger partial charge >= 0.3 is 5.97 Å². The van der Waals surface area contributed by atoms with Crippen LogP contribution >= 0.6 is 34.8 Å². The summed E-state index contributed by atoms with van der Waals surface area (Å²) in [4.78, 5) is 38.4. The van der Waals surface area contributed by atoms with E-state index in [0.717, 1.165) is 0 Å². The van der Waals surface area contributed by atoms with Crippen LogP contribution in [0.25, 0.3) is 6.08 Å². The zero-order chi connectivity index (χ0) is 27.1. The molecule has 0 saturated carbocycles. The van der Waals surface area contributed by atoms with E-state index in [1.807, 2.05) is 13.8 Å². The molecular formula is C28H25Cl3N2O4. The molecule has 0 aliphatic rings. The Bertz CT molecular complexity index is 1310. The maximum absolute atomic E-state index is 13.0. The van der Waals surface area contributed by atoms with Crippen LogP contribution in [-0.4, -0.2) is 24.4 Å². The van der Waals surface area contributed by atoms with Crippen LogP contribution in [0.3, 0.4) is 0 Å². The molecule has 0 aliphatic heterocycles. The summed E-state index contributed by atoms with van der Waals surface area (Å²) >= 11 is 18.5. The molecule has 0 bridgehead atoms. The van der Waals surface area contributed by atoms with Gasteiger partial charge in [0.1, 0.15) is 5.70 Å². The zero-order valence-corrected chi connectivity index (χ0v) is 22.7. The van der Waals surface area contributed by atoms with Crippen molar-refractivity contribution < 1.29 is 19.1 Å². The smallest absolute Gasteiger partial charge is 0.354 e. The van der Waals surface area contributed by atoms with E-state index in [9.17, 15) is 14.4 Å². The number of hydrogen-bond acceptors (Lipinski definition) is 4. The van der Waals surface area contributed by atoms with Gasteiger partial charge in [-0.05, 0) is 60.4 Å². The first-order valence-corrected chi connectivity index (χ1v) is 12.5. The lowest BCUT2D eigenvalue weighted by Crippen LogP contribution is -2.29. The predicted molar refractivity (Wildman–Crippen MR) is 148 cm³/mol. The van der Waals surface area contributed by atoms with Crippen LogP contribution in [0.2, 0.25) is 15.1 Å². The summed E-state index contributed by atoms with van der Waals surface area (Å²) in [6.07, 6.45) is 1.49. The number of aryl methyl sites for hydroxylation is 1. The summed E-state index contributed by atoms with van der Waals surface area (Å²) in [5, 5.41) is 6.11. The standard InChI is InChI=1S/C28H25Cl3N2O4/c1-16(2)15-37-28(36)23(33-26(34)24-17(3)6-4-7-20(24)29)14-18-10-12-19(13-11-18)32-27(35)25-21(30)8-5-9-22(25)31/h4-14,16H,15H2,1-3H3,(H,32,35)(H,33,34)/b23-14-. The van der Waals surface area contributed by atoms with Gasteiger partial charge in [0.05, 0.1) is 32.8 Å². The van der Waals surface area contributed by atoms with Crippen LogP contribution in [0.15, 0.2) is 66.4 Å². The zero-order valence-electron chi connectivity index (χ0n) is 20.4. The highest BCUT2D eigenvalue weighted by atomic mass is 35.5. The number of anilines is 1. The first-order valence-electron chi connectivity index (χ1n) is 11.4. The fraction of sp³-hybridized carbons (Fsp3) is 0.179. The molecule has 0 atom stereocenters. The molecule has 3 rings (SSSR count). The van der Waals surface area contributed by atoms with Crippen molar-refractivity contribution in [1.82, 2.24) is 5.32 Å². The Hall–Kier alpha value is -3.32. The molecule has 0 fully saturated rings. The minimum Gasteiger partial charge on any atom is -0.461 e. The van der Waals surface area contributed by atoms with Gasteiger partial charge in [0, 0.05) is 5.69 Å². The lowest BCUT2D eigenvalue weighted by Gasteiger charge is -2.14. The fourth-order valence-corrected chi connectivity index (χ4v) is 4.18. The third-order valence-electron chi connectivity index (χ3n) is 5.13. The van der Waals surface area contributed by atoms with Gasteiger partial charge in [0.2, 0.25) is 0 Å². The monoisotopic (exact) mass is 558 g/mol. The van der Waals surface area contributed by atoms with Crippen LogP contribution in [0.4, 0.5) is 5.69 Å². The Labute approximate surface area is 230 Å². The Morgan fingerprint density at radius 2 is 1.41 bits per heavy atom. The first kappa shape index (κ1) is 28.3. The topological polar surface area (TPSA) is 84.5 Å². The van der Waals surface area contributed by atoms with Crippen molar-refractivity contribution in [2.45, 2.75) is 20.8 Å². The van der Waals surface area contributed by atoms with E-state index >= 15 is 0 Å². The Balaban J connectivity index is 1.84. The SMILES string of the molecule is Cc1cccc(Cl)c1C(=O)N/C(=C\c1ccc(NC(=O)c2c(Cl)cccc2Cl)cc1)C(=O)OCC(C)C. The van der Waals surface area contributed by atoms with Gasteiger partial charge in [-0.3, -0.25) is 9.59 Å². The summed E-state index contributed by atoms with van der Waals surface area (Å²) in [6, 6.07) is 16.5. The number of hydrogen-bond donors (Lipinski definition) is 2. The molecule has 6 nitrogen and oxygen atoms in total. The number of rotatable bonds is 8. The molecule has 9 heteroatoms. The predicted octanol–water partition coefficient (Wildman–Crippen LogP) is 7.18. The Morgan fingerprint density at radius 1 is 0.838 bits per heavy atom. The highest BCUT2D eigenvalue weighted by molar-refractivity contribution is 6.40. The van der Waals surface area contributed by atoms with E-state index in [0.29, 0.717) is 16.8 Å². The molecule has 0 saturated heterocycles. The van der Waals surface area contributed by atoms with Crippen LogP contribution in [-0.2, 0) is 9.53 Å². The van der Waals surface area contributed by atoms with Gasteiger partial charge in [0.15, 0.2) is 0 Å². The van der Waals surface area contributed by atoms with Crippen molar-refractivity contribution in [3.8, 4) is 0 Å². The van der Waals surface area contributed by atoms with E-state index in [1.54, 1.807) is 67.6 Å². The molecule has 37 heavy (non-hydrogen) atoms. The van der Waals surface area contributed by atoms with E-state index in [4.69, 9.17) is 39.5 Å². The number of ether oxygens (including phenoxy) is 1. The first-order chi connectivity index (χ1) is 17.6. The van der Waals surface area contributed by atoms with Crippen molar-refractivity contribution in [2.75, 3.05) is 11.9 Å². The quantitative estimate of drug-likeness (QED) is 0.226. The molecule has 0 aliphatic carbocycles. The van der Waals surface area contributed by atoms with E-state index < -0.39 is 17.8 Å². The maximum atomic E-state index is 13.0. The van der Waals surface area contributed by atoms with Crippen molar-refractivity contribution >= 4 is 64.3 Å². The average molecular weight is 560 g/mol. The molecular weight excluding hydrogens is 535 g/mol. The molecule has 2 amide bonds. The van der Waals surface area contributed by atoms with Gasteiger partial charge in [-0.1, -0.05) is 79.0 Å². The summed E-state index contributed by atoms with van der Waals surface area (Å²) < 4.78 is 5.35. The summed E-state index contributed by atoms with van der Waals surface area (Å²) in [7, 11) is 0. The molecule has 3 aromatic rings. The number of esters is 1. The molecule has 0 radical (unpaired) electrons. The third-order valence-corrected chi connectivity index (χ3v) is 6.08. The number of amides is 2. The maximum Gasteiger partial charge on any atom is 0.354 e. The molecule has 0 aromatic heterocycles. The van der Waals surface area contributed by atoms with Crippen LogP contribution in [0.1, 0.15) is 45.7 Å². The van der Waals surface area contributed by atoms with Crippen molar-refractivity contribution in [2.24, 2.45) is 5.92 Å². The summed E-state index contributed by atoms with van der Waals surface area (Å²) in [6.45, 7) is 5.76. The minimum absolute atomic E-state index is 0.0513. The molecule has 0 heterocycles. The van der Waals surface area contributed by atoms with Crippen LogP contribution in [0, 0.1) is 12.8 Å². The number of carbonyl (C=O) groups is 3. The summed E-state index contributed by atoms with van der Waals surface area (Å²) in [5.74, 6) is -1.56. The second kappa shape index (κ2) is 12.8. The van der Waals surface area contributed by atoms with Crippen molar-refractivity contribution in [3.05, 3.63) is 104 Å². The molecule has 0 unspecified atom stereocenters. The molecule has 192 valence electrons. The fourth-order valence-electron chi connectivity index (χ4n) is 3.31. The van der Waals surface area contributed by atoms with Gasteiger partial charge in [-0.25, -0.2) is 4.79 Å². The van der Waals surface area contributed by atoms with Gasteiger partial charge in [-0.15, -0.1) is 0 Å². The van der Waals surface area contributed by atoms with E-state index in [2.05, 4.69) is 10.6 Å². The van der Waals surface area contributed by atoms with Crippen molar-refractivity contribution in [1.29, 1.82) is 0 Å². The molecule has 0 spiro atoms. The van der Waals surface area contributed by atoms with Crippen molar-refractivity contribution in [3.63, 3.8) is 0 Å². The number of carbonyl (C=O) groups excluding carboxylic acids is 3. The molecule has 2 N–H and O–H groups in total. The number of nitrogens with one attached hydrogen (secondary N) is 2. The minimum atomic E-state index is -0.683. The largest absolute Gasteiger partial charge is 0.461 e. The van der Waals surface area contributed by atoms with E-state index in [-0.39, 0.29) is 44.4 Å². The van der Waals surface area contributed by atoms with Gasteiger partial charge < -0.3 is 15.4 Å². The van der Waals surface area contributed by atoms with E-state index in [1.165, 1.54) is 6.08 Å². The highest BCUT2D eigenvalue weighted by Crippen LogP contribution is 2.25. The number of benzene rings is 3. The summed E-state index contributed by atoms with van der Waals surface area (Å²) in [5.41, 5.74) is 2.12. The lowest BCUT2D eigenvalue weighted by molar-refractivity contribution is -0.140. The van der Waals surface area contributed by atoms with Crippen LogP contribution < -0.4 is 10.6 Å². The van der Waals surface area contributed by atoms with Gasteiger partial charge in [0.25, 0.3) is 11.8 Å². The Kier molecular flexibility index (Phi) is 9.75. The third kappa shape index (κ3) is 7.59. The molecule has 3 aromatic carbocycles. The number of halogens is 3. The normalized spacial score (nSPS) is 11.3. The van der Waals surface area contributed by atoms with Crippen LogP contribution in [0.5, 0.6) is 0 Å². The lowest BCUT2D eigenvalue weighted by atomic mass is 10.1. The second-order valence-corrected chi connectivity index (χ2v) is 9.83. The second-order valence-electron chi connectivity index (χ2n) is 8.61. The Morgan fingerprint density at radius 3 is 1.97 bits per heavy atom. The highest BCUT2D eigenvalue weighted by Gasteiger charge is 2.20. The van der Waals surface area contributed by atoms with Gasteiger partial charge in [-0.2, -0.15) is 0 Å². The average Bonchev–Trinajstić information content (AvgIpc) is 2.83.